The van der Waals surface area contributed by atoms with Crippen LogP contribution in [0.3, 0.4) is 0 Å². The van der Waals surface area contributed by atoms with E-state index in [0.717, 1.165) is 43.2 Å². The van der Waals surface area contributed by atoms with E-state index < -0.39 is 17.9 Å². The van der Waals surface area contributed by atoms with Crippen molar-refractivity contribution >= 4 is 17.9 Å². The highest BCUT2D eigenvalue weighted by Gasteiger charge is 2.20. The van der Waals surface area contributed by atoms with Crippen LogP contribution in [-0.4, -0.2) is 29.6 Å². The molecule has 8 nitrogen and oxygen atoms in total. The Labute approximate surface area is 241 Å². The number of carbonyl (C=O) groups excluding carboxylic acids is 3. The van der Waals surface area contributed by atoms with Crippen LogP contribution in [0, 0.1) is 0 Å². The Morgan fingerprint density at radius 3 is 2.20 bits per heavy atom. The Kier molecular flexibility index (Phi) is 12.2. The molecule has 0 amide bonds. The summed E-state index contributed by atoms with van der Waals surface area (Å²) in [6.45, 7) is 5.20. The van der Waals surface area contributed by atoms with Gasteiger partial charge >= 0.3 is 17.9 Å². The Hall–Kier alpha value is -4.33. The summed E-state index contributed by atoms with van der Waals surface area (Å²) in [4.78, 5) is 35.6. The third kappa shape index (κ3) is 9.67. The van der Waals surface area contributed by atoms with E-state index in [-0.39, 0.29) is 29.4 Å². The smallest absolute Gasteiger partial charge is 0.342 e. The highest BCUT2D eigenvalue weighted by Crippen LogP contribution is 2.34. The Balaban J connectivity index is 1.50. The van der Waals surface area contributed by atoms with Crippen molar-refractivity contribution in [2.45, 2.75) is 72.3 Å². The zero-order valence-corrected chi connectivity index (χ0v) is 23.9. The number of unbranched alkanes of at least 4 members (excludes halogenated alkanes) is 3. The van der Waals surface area contributed by atoms with Crippen molar-refractivity contribution in [3.8, 4) is 23.0 Å². The summed E-state index contributed by atoms with van der Waals surface area (Å²) in [5.74, 6) is -0.545. The summed E-state index contributed by atoms with van der Waals surface area (Å²) in [5.41, 5.74) is 2.40. The van der Waals surface area contributed by atoms with E-state index in [1.807, 2.05) is 43.3 Å². The van der Waals surface area contributed by atoms with Crippen molar-refractivity contribution in [3.63, 3.8) is 0 Å². The quantitative estimate of drug-likeness (QED) is 0.123. The van der Waals surface area contributed by atoms with Gasteiger partial charge in [0.25, 0.3) is 0 Å². The molecule has 3 aromatic rings. The SMILES string of the molecule is CCCc1c(OCCCCCCc2cccc(OC(C)=O)c2OC(C)=O)ccc(C(=O)OCc2ccccc2)c1O. The molecule has 3 aromatic carbocycles. The van der Waals surface area contributed by atoms with Gasteiger partial charge in [-0.3, -0.25) is 9.59 Å². The molecule has 3 rings (SSSR count). The summed E-state index contributed by atoms with van der Waals surface area (Å²) in [7, 11) is 0. The van der Waals surface area contributed by atoms with Crippen LogP contribution in [0.15, 0.2) is 60.7 Å². The monoisotopic (exact) mass is 562 g/mol. The molecule has 8 heteroatoms. The van der Waals surface area contributed by atoms with Crippen molar-refractivity contribution in [2.24, 2.45) is 0 Å². The van der Waals surface area contributed by atoms with Crippen molar-refractivity contribution in [2.75, 3.05) is 6.61 Å². The number of aromatic hydroxyl groups is 1. The maximum Gasteiger partial charge on any atom is 0.342 e. The molecule has 41 heavy (non-hydrogen) atoms. The topological polar surface area (TPSA) is 108 Å². The summed E-state index contributed by atoms with van der Waals surface area (Å²) in [5, 5.41) is 10.9. The van der Waals surface area contributed by atoms with Crippen LogP contribution in [-0.2, 0) is 33.8 Å². The minimum Gasteiger partial charge on any atom is -0.507 e. The second-order valence-electron chi connectivity index (χ2n) is 9.69. The maximum atomic E-state index is 12.6. The van der Waals surface area contributed by atoms with E-state index in [4.69, 9.17) is 18.9 Å². The van der Waals surface area contributed by atoms with Crippen molar-refractivity contribution in [3.05, 3.63) is 82.9 Å². The first-order valence-electron chi connectivity index (χ1n) is 14.0. The lowest BCUT2D eigenvalue weighted by molar-refractivity contribution is -0.134. The highest BCUT2D eigenvalue weighted by molar-refractivity contribution is 5.93. The van der Waals surface area contributed by atoms with Crippen LogP contribution in [0.5, 0.6) is 23.0 Å². The summed E-state index contributed by atoms with van der Waals surface area (Å²) in [6.07, 6.45) is 5.48. The minimum absolute atomic E-state index is 0.0954. The van der Waals surface area contributed by atoms with Crippen molar-refractivity contribution in [1.82, 2.24) is 0 Å². The molecule has 0 aliphatic rings. The third-order valence-electron chi connectivity index (χ3n) is 6.33. The van der Waals surface area contributed by atoms with E-state index >= 15 is 0 Å². The van der Waals surface area contributed by atoms with E-state index in [9.17, 15) is 19.5 Å². The molecule has 218 valence electrons. The van der Waals surface area contributed by atoms with Gasteiger partial charge in [0.1, 0.15) is 23.7 Å². The summed E-state index contributed by atoms with van der Waals surface area (Å²) >= 11 is 0. The van der Waals surface area contributed by atoms with E-state index in [1.54, 1.807) is 24.3 Å². The van der Waals surface area contributed by atoms with Gasteiger partial charge in [-0.2, -0.15) is 0 Å². The van der Waals surface area contributed by atoms with E-state index in [2.05, 4.69) is 0 Å². The van der Waals surface area contributed by atoms with Crippen molar-refractivity contribution in [1.29, 1.82) is 0 Å². The maximum absolute atomic E-state index is 12.6. The summed E-state index contributed by atoms with van der Waals surface area (Å²) < 4.78 is 21.9. The molecule has 0 aliphatic heterocycles. The van der Waals surface area contributed by atoms with Crippen LogP contribution in [0.4, 0.5) is 0 Å². The predicted octanol–water partition coefficient (Wildman–Crippen LogP) is 6.73. The molecule has 0 saturated carbocycles. The molecule has 0 heterocycles. The lowest BCUT2D eigenvalue weighted by Gasteiger charge is -2.15. The van der Waals surface area contributed by atoms with Crippen LogP contribution in [0.1, 0.15) is 79.9 Å². The normalized spacial score (nSPS) is 10.6. The Bertz CT molecular complexity index is 1320. The van der Waals surface area contributed by atoms with Gasteiger partial charge in [-0.25, -0.2) is 4.79 Å². The fourth-order valence-electron chi connectivity index (χ4n) is 4.42. The molecular formula is C33H38O8. The van der Waals surface area contributed by atoms with Gasteiger partial charge in [0.2, 0.25) is 0 Å². The van der Waals surface area contributed by atoms with Gasteiger partial charge in [-0.1, -0.05) is 68.7 Å². The molecule has 1 N–H and O–H groups in total. The molecule has 0 bridgehead atoms. The number of benzene rings is 3. The lowest BCUT2D eigenvalue weighted by atomic mass is 10.0. The standard InChI is InChI=1S/C33H38O8/c1-4-13-27-29(20-19-28(31(27)36)33(37)39-22-25-14-8-7-9-15-25)38-21-11-6-5-10-16-26-17-12-18-30(40-23(2)34)32(26)41-24(3)35/h7-9,12,14-15,17-20,36H,4-6,10-11,13,16,21-22H2,1-3H3. The molecule has 0 atom stereocenters. The number of esters is 3. The van der Waals surface area contributed by atoms with Gasteiger partial charge < -0.3 is 24.1 Å². The highest BCUT2D eigenvalue weighted by atomic mass is 16.6. The first-order chi connectivity index (χ1) is 19.8. The fourth-order valence-corrected chi connectivity index (χ4v) is 4.42. The fraction of sp³-hybridized carbons (Fsp3) is 0.364. The van der Waals surface area contributed by atoms with Gasteiger partial charge in [0, 0.05) is 19.4 Å². The number of hydrogen-bond donors (Lipinski definition) is 1. The van der Waals surface area contributed by atoms with Gasteiger partial charge in [-0.15, -0.1) is 0 Å². The second kappa shape index (κ2) is 16.1. The van der Waals surface area contributed by atoms with Crippen LogP contribution < -0.4 is 14.2 Å². The lowest BCUT2D eigenvalue weighted by Crippen LogP contribution is -2.09. The number of para-hydroxylation sites is 1. The molecule has 0 spiro atoms. The molecule has 0 radical (unpaired) electrons. The van der Waals surface area contributed by atoms with Gasteiger partial charge in [0.05, 0.1) is 6.61 Å². The zero-order chi connectivity index (χ0) is 29.6. The Morgan fingerprint density at radius 2 is 1.49 bits per heavy atom. The van der Waals surface area contributed by atoms with E-state index in [0.29, 0.717) is 30.8 Å². The molecule has 0 fully saturated rings. The van der Waals surface area contributed by atoms with Crippen molar-refractivity contribution < 1.29 is 38.4 Å². The van der Waals surface area contributed by atoms with Crippen LogP contribution in [0.25, 0.3) is 0 Å². The molecule has 0 aliphatic carbocycles. The molecule has 0 unspecified atom stereocenters. The number of phenols is 1. The first kappa shape index (κ1) is 31.2. The molecular weight excluding hydrogens is 524 g/mol. The van der Waals surface area contributed by atoms with Gasteiger partial charge in [0.15, 0.2) is 11.5 Å². The number of carbonyl (C=O) groups is 3. The number of rotatable bonds is 15. The number of aryl methyl sites for hydroxylation is 1. The first-order valence-corrected chi connectivity index (χ1v) is 14.0. The predicted molar refractivity (Wildman–Crippen MR) is 154 cm³/mol. The molecule has 0 saturated heterocycles. The third-order valence-corrected chi connectivity index (χ3v) is 6.33. The summed E-state index contributed by atoms with van der Waals surface area (Å²) in [6, 6.07) is 17.9. The minimum atomic E-state index is -0.578. The van der Waals surface area contributed by atoms with Crippen LogP contribution in [0.2, 0.25) is 0 Å². The number of hydrogen-bond acceptors (Lipinski definition) is 8. The average molecular weight is 563 g/mol. The average Bonchev–Trinajstić information content (AvgIpc) is 2.94. The second-order valence-corrected chi connectivity index (χ2v) is 9.69. The Morgan fingerprint density at radius 1 is 0.756 bits per heavy atom. The zero-order valence-electron chi connectivity index (χ0n) is 23.9. The number of ether oxygens (including phenoxy) is 4. The number of phenolic OH excluding ortho intramolecular Hbond substituents is 1. The molecule has 0 aromatic heterocycles. The van der Waals surface area contributed by atoms with E-state index in [1.165, 1.54) is 13.8 Å². The van der Waals surface area contributed by atoms with Gasteiger partial charge in [-0.05, 0) is 55.0 Å². The largest absolute Gasteiger partial charge is 0.507 e. The van der Waals surface area contributed by atoms with Crippen LogP contribution >= 0.6 is 0 Å².